The van der Waals surface area contributed by atoms with Crippen molar-refractivity contribution in [3.8, 4) is 0 Å². The molecule has 1 aromatic rings. The van der Waals surface area contributed by atoms with Crippen LogP contribution in [0.4, 0.5) is 0 Å². The molecule has 0 saturated carbocycles. The van der Waals surface area contributed by atoms with E-state index in [0.29, 0.717) is 5.92 Å². The van der Waals surface area contributed by atoms with Crippen molar-refractivity contribution in [3.05, 3.63) is 35.9 Å². The molecule has 2 N–H and O–H groups in total. The zero-order valence-electron chi connectivity index (χ0n) is 10.3. The smallest absolute Gasteiger partial charge is 0.227 e. The number of rotatable bonds is 1. The zero-order chi connectivity index (χ0) is 11.7. The second kappa shape index (κ2) is 5.29. The van der Waals surface area contributed by atoms with Gasteiger partial charge in [-0.2, -0.15) is 0 Å². The first kappa shape index (κ1) is 13.4. The van der Waals surface area contributed by atoms with Gasteiger partial charge in [-0.1, -0.05) is 30.3 Å². The van der Waals surface area contributed by atoms with E-state index in [-0.39, 0.29) is 23.7 Å². The molecule has 0 aromatic heterocycles. The highest BCUT2D eigenvalue weighted by Crippen LogP contribution is 2.46. The van der Waals surface area contributed by atoms with Gasteiger partial charge in [-0.25, -0.2) is 0 Å². The lowest BCUT2D eigenvalue weighted by molar-refractivity contribution is -0.129. The Bertz CT molecular complexity index is 415. The van der Waals surface area contributed by atoms with Crippen LogP contribution in [0, 0.1) is 5.41 Å². The van der Waals surface area contributed by atoms with E-state index in [0.717, 1.165) is 32.5 Å². The molecule has 98 valence electrons. The number of carbonyl (C=O) groups is 1. The molecule has 1 unspecified atom stereocenters. The molecule has 0 bridgehead atoms. The predicted molar refractivity (Wildman–Crippen MR) is 74.0 cm³/mol. The molecule has 1 spiro atoms. The fourth-order valence-electron chi connectivity index (χ4n) is 3.30. The van der Waals surface area contributed by atoms with Crippen LogP contribution in [-0.4, -0.2) is 25.5 Å². The van der Waals surface area contributed by atoms with E-state index in [4.69, 9.17) is 0 Å². The van der Waals surface area contributed by atoms with Crippen LogP contribution in [0.5, 0.6) is 0 Å². The molecule has 2 aliphatic heterocycles. The van der Waals surface area contributed by atoms with E-state index in [1.807, 2.05) is 6.07 Å². The largest absolute Gasteiger partial charge is 0.355 e. The van der Waals surface area contributed by atoms with Crippen LogP contribution in [0.25, 0.3) is 0 Å². The van der Waals surface area contributed by atoms with Gasteiger partial charge in [0.15, 0.2) is 0 Å². The van der Waals surface area contributed by atoms with Gasteiger partial charge in [-0.05, 0) is 31.5 Å². The molecule has 4 heteroatoms. The van der Waals surface area contributed by atoms with Crippen LogP contribution >= 0.6 is 12.4 Å². The summed E-state index contributed by atoms with van der Waals surface area (Å²) in [6.45, 7) is 2.70. The molecule has 3 rings (SSSR count). The molecule has 2 heterocycles. The van der Waals surface area contributed by atoms with Crippen LogP contribution in [0.1, 0.15) is 24.3 Å². The van der Waals surface area contributed by atoms with Crippen LogP contribution in [-0.2, 0) is 4.79 Å². The lowest BCUT2D eigenvalue weighted by Crippen LogP contribution is -2.44. The zero-order valence-corrected chi connectivity index (χ0v) is 11.1. The Balaban J connectivity index is 0.00000120. The van der Waals surface area contributed by atoms with Gasteiger partial charge in [0.2, 0.25) is 5.91 Å². The van der Waals surface area contributed by atoms with Crippen molar-refractivity contribution in [2.45, 2.75) is 18.8 Å². The van der Waals surface area contributed by atoms with Gasteiger partial charge in [-0.3, -0.25) is 4.79 Å². The van der Waals surface area contributed by atoms with Crippen molar-refractivity contribution in [2.75, 3.05) is 19.6 Å². The molecule has 2 fully saturated rings. The summed E-state index contributed by atoms with van der Waals surface area (Å²) in [5.41, 5.74) is 1.14. The first-order valence-electron chi connectivity index (χ1n) is 6.37. The van der Waals surface area contributed by atoms with Gasteiger partial charge in [0.1, 0.15) is 0 Å². The summed E-state index contributed by atoms with van der Waals surface area (Å²) in [7, 11) is 0. The van der Waals surface area contributed by atoms with Crippen molar-refractivity contribution in [1.29, 1.82) is 0 Å². The minimum absolute atomic E-state index is 0. The van der Waals surface area contributed by atoms with E-state index in [2.05, 4.69) is 34.9 Å². The second-order valence-electron chi connectivity index (χ2n) is 5.08. The van der Waals surface area contributed by atoms with Gasteiger partial charge in [-0.15, -0.1) is 12.4 Å². The SMILES string of the molecule is Cl.O=C1NCC(c2ccccc2)C12CCNCC2. The van der Waals surface area contributed by atoms with Gasteiger partial charge >= 0.3 is 0 Å². The summed E-state index contributed by atoms with van der Waals surface area (Å²) in [6.07, 6.45) is 1.91. The lowest BCUT2D eigenvalue weighted by atomic mass is 9.68. The quantitative estimate of drug-likeness (QED) is 0.812. The van der Waals surface area contributed by atoms with Crippen LogP contribution in [0.15, 0.2) is 30.3 Å². The fourth-order valence-corrected chi connectivity index (χ4v) is 3.30. The Morgan fingerprint density at radius 2 is 1.78 bits per heavy atom. The second-order valence-corrected chi connectivity index (χ2v) is 5.08. The molecule has 18 heavy (non-hydrogen) atoms. The van der Waals surface area contributed by atoms with Gasteiger partial charge < -0.3 is 10.6 Å². The van der Waals surface area contributed by atoms with Crippen molar-refractivity contribution >= 4 is 18.3 Å². The van der Waals surface area contributed by atoms with Crippen molar-refractivity contribution in [3.63, 3.8) is 0 Å². The Morgan fingerprint density at radius 3 is 2.44 bits per heavy atom. The fraction of sp³-hybridized carbons (Fsp3) is 0.500. The number of hydrogen-bond acceptors (Lipinski definition) is 2. The summed E-state index contributed by atoms with van der Waals surface area (Å²) in [4.78, 5) is 12.2. The Labute approximate surface area is 114 Å². The average Bonchev–Trinajstić information content (AvgIpc) is 2.69. The maximum absolute atomic E-state index is 12.2. The molecular weight excluding hydrogens is 248 g/mol. The molecule has 1 aromatic carbocycles. The first-order chi connectivity index (χ1) is 8.33. The van der Waals surface area contributed by atoms with E-state index >= 15 is 0 Å². The number of amides is 1. The summed E-state index contributed by atoms with van der Waals surface area (Å²) in [6, 6.07) is 10.5. The highest BCUT2D eigenvalue weighted by molar-refractivity contribution is 5.86. The van der Waals surface area contributed by atoms with Gasteiger partial charge in [0.25, 0.3) is 0 Å². The number of carbonyl (C=O) groups excluding carboxylic acids is 1. The molecule has 2 saturated heterocycles. The topological polar surface area (TPSA) is 41.1 Å². The summed E-state index contributed by atoms with van der Waals surface area (Å²) in [5, 5.41) is 6.41. The van der Waals surface area contributed by atoms with E-state index in [9.17, 15) is 4.79 Å². The third kappa shape index (κ3) is 2.02. The summed E-state index contributed by atoms with van der Waals surface area (Å²) >= 11 is 0. The maximum atomic E-state index is 12.2. The molecule has 1 atom stereocenters. The third-order valence-electron chi connectivity index (χ3n) is 4.28. The van der Waals surface area contributed by atoms with Gasteiger partial charge in [0, 0.05) is 12.5 Å². The number of benzene rings is 1. The lowest BCUT2D eigenvalue weighted by Gasteiger charge is -2.36. The van der Waals surface area contributed by atoms with E-state index in [1.165, 1.54) is 5.56 Å². The van der Waals surface area contributed by atoms with E-state index < -0.39 is 0 Å². The van der Waals surface area contributed by atoms with Crippen LogP contribution in [0.2, 0.25) is 0 Å². The number of hydrogen-bond donors (Lipinski definition) is 2. The molecular formula is C14H19ClN2O. The highest BCUT2D eigenvalue weighted by Gasteiger charge is 2.50. The minimum Gasteiger partial charge on any atom is -0.355 e. The van der Waals surface area contributed by atoms with Crippen LogP contribution in [0.3, 0.4) is 0 Å². The molecule has 0 aliphatic carbocycles. The Morgan fingerprint density at radius 1 is 1.11 bits per heavy atom. The number of halogens is 1. The first-order valence-corrected chi connectivity index (χ1v) is 6.37. The predicted octanol–water partition coefficient (Wildman–Crippen LogP) is 1.69. The normalized spacial score (nSPS) is 25.6. The number of piperidine rings is 1. The highest BCUT2D eigenvalue weighted by atomic mass is 35.5. The monoisotopic (exact) mass is 266 g/mol. The maximum Gasteiger partial charge on any atom is 0.227 e. The summed E-state index contributed by atoms with van der Waals surface area (Å²) in [5.74, 6) is 0.603. The number of nitrogens with one attached hydrogen (secondary N) is 2. The average molecular weight is 267 g/mol. The minimum atomic E-state index is -0.160. The van der Waals surface area contributed by atoms with E-state index in [1.54, 1.807) is 0 Å². The molecule has 0 radical (unpaired) electrons. The van der Waals surface area contributed by atoms with Crippen molar-refractivity contribution < 1.29 is 4.79 Å². The molecule has 3 nitrogen and oxygen atoms in total. The van der Waals surface area contributed by atoms with Crippen molar-refractivity contribution in [2.24, 2.45) is 5.41 Å². The summed E-state index contributed by atoms with van der Waals surface area (Å²) < 4.78 is 0. The molecule has 2 aliphatic rings. The van der Waals surface area contributed by atoms with Crippen LogP contribution < -0.4 is 10.6 Å². The van der Waals surface area contributed by atoms with Crippen molar-refractivity contribution in [1.82, 2.24) is 10.6 Å². The third-order valence-corrected chi connectivity index (χ3v) is 4.28. The molecule has 1 amide bonds. The Kier molecular flexibility index (Phi) is 3.93. The standard InChI is InChI=1S/C14H18N2O.ClH/c17-13-14(6-8-15-9-7-14)12(10-16-13)11-4-2-1-3-5-11;/h1-5,12,15H,6-10H2,(H,16,17);1H. The Hall–Kier alpha value is -1.06. The van der Waals surface area contributed by atoms with Gasteiger partial charge in [0.05, 0.1) is 5.41 Å².